The fourth-order valence-corrected chi connectivity index (χ4v) is 3.07. The van der Waals surface area contributed by atoms with Crippen LogP contribution in [0.15, 0.2) is 42.6 Å². The molecule has 126 valence electrons. The lowest BCUT2D eigenvalue weighted by atomic mass is 10.2. The third-order valence-corrected chi connectivity index (χ3v) is 4.31. The van der Waals surface area contributed by atoms with Crippen molar-refractivity contribution in [3.05, 3.63) is 54.1 Å². The van der Waals surface area contributed by atoms with Crippen LogP contribution in [0.5, 0.6) is 5.75 Å². The van der Waals surface area contributed by atoms with Gasteiger partial charge in [-0.1, -0.05) is 18.2 Å². The summed E-state index contributed by atoms with van der Waals surface area (Å²) in [5, 5.41) is 0. The number of aryl methyl sites for hydroxylation is 2. The van der Waals surface area contributed by atoms with Crippen molar-refractivity contribution in [1.29, 1.82) is 0 Å². The van der Waals surface area contributed by atoms with Crippen LogP contribution in [-0.4, -0.2) is 40.0 Å². The SMILES string of the molecule is Cc1nccc(CCC(=O)N2CCC[C@H]2COc2ccccc2)n1. The molecule has 0 radical (unpaired) electrons. The summed E-state index contributed by atoms with van der Waals surface area (Å²) in [4.78, 5) is 23.0. The Bertz CT molecular complexity index is 675. The first-order valence-electron chi connectivity index (χ1n) is 8.48. The molecule has 1 atom stereocenters. The largest absolute Gasteiger partial charge is 0.491 e. The van der Waals surface area contributed by atoms with Crippen LogP contribution >= 0.6 is 0 Å². The number of carbonyl (C=O) groups excluding carboxylic acids is 1. The van der Waals surface area contributed by atoms with Crippen LogP contribution in [0.2, 0.25) is 0 Å². The molecule has 5 heteroatoms. The second-order valence-electron chi connectivity index (χ2n) is 6.10. The average Bonchev–Trinajstić information content (AvgIpc) is 3.07. The van der Waals surface area contributed by atoms with Gasteiger partial charge in [-0.05, 0) is 44.4 Å². The van der Waals surface area contributed by atoms with Gasteiger partial charge in [0.2, 0.25) is 5.91 Å². The van der Waals surface area contributed by atoms with Gasteiger partial charge in [0.05, 0.1) is 6.04 Å². The quantitative estimate of drug-likeness (QED) is 0.819. The molecule has 1 saturated heterocycles. The molecular formula is C19H23N3O2. The van der Waals surface area contributed by atoms with E-state index in [1.54, 1.807) is 6.20 Å². The molecule has 2 aromatic rings. The number of aromatic nitrogens is 2. The van der Waals surface area contributed by atoms with E-state index in [0.717, 1.165) is 36.7 Å². The molecule has 2 heterocycles. The van der Waals surface area contributed by atoms with Crippen LogP contribution in [0.25, 0.3) is 0 Å². The average molecular weight is 325 g/mol. The van der Waals surface area contributed by atoms with E-state index in [1.807, 2.05) is 48.2 Å². The Morgan fingerprint density at radius 2 is 2.12 bits per heavy atom. The predicted octanol–water partition coefficient (Wildman–Crippen LogP) is 2.79. The van der Waals surface area contributed by atoms with E-state index in [9.17, 15) is 4.79 Å². The molecule has 3 rings (SSSR count). The van der Waals surface area contributed by atoms with Gasteiger partial charge >= 0.3 is 0 Å². The van der Waals surface area contributed by atoms with Crippen LogP contribution in [0.3, 0.4) is 0 Å². The Hall–Kier alpha value is -2.43. The summed E-state index contributed by atoms with van der Waals surface area (Å²) in [5.74, 6) is 1.79. The number of carbonyl (C=O) groups is 1. The van der Waals surface area contributed by atoms with Crippen LogP contribution in [0.4, 0.5) is 0 Å². The molecule has 24 heavy (non-hydrogen) atoms. The third kappa shape index (κ3) is 4.31. The predicted molar refractivity (Wildman–Crippen MR) is 91.8 cm³/mol. The Kier molecular flexibility index (Phi) is 5.41. The minimum absolute atomic E-state index is 0.171. The van der Waals surface area contributed by atoms with Crippen molar-refractivity contribution in [2.75, 3.05) is 13.2 Å². The van der Waals surface area contributed by atoms with Crippen LogP contribution < -0.4 is 4.74 Å². The van der Waals surface area contributed by atoms with Crippen LogP contribution in [0, 0.1) is 6.92 Å². The lowest BCUT2D eigenvalue weighted by Gasteiger charge is -2.25. The monoisotopic (exact) mass is 325 g/mol. The summed E-state index contributed by atoms with van der Waals surface area (Å²) >= 11 is 0. The summed E-state index contributed by atoms with van der Waals surface area (Å²) in [6.07, 6.45) is 4.93. The van der Waals surface area contributed by atoms with Gasteiger partial charge in [-0.15, -0.1) is 0 Å². The maximum atomic E-state index is 12.6. The Morgan fingerprint density at radius 1 is 1.29 bits per heavy atom. The minimum atomic E-state index is 0.171. The number of ether oxygens (including phenoxy) is 1. The molecule has 0 bridgehead atoms. The topological polar surface area (TPSA) is 55.3 Å². The Balaban J connectivity index is 1.51. The van der Waals surface area contributed by atoms with E-state index in [4.69, 9.17) is 4.74 Å². The molecule has 0 spiro atoms. The number of rotatable bonds is 6. The fraction of sp³-hybridized carbons (Fsp3) is 0.421. The first kappa shape index (κ1) is 16.4. The van der Waals surface area contributed by atoms with Crippen molar-refractivity contribution in [3.8, 4) is 5.75 Å². The standard InChI is InChI=1S/C19H23N3O2/c1-15-20-12-11-16(21-15)9-10-19(23)22-13-5-6-17(22)14-24-18-7-3-2-4-8-18/h2-4,7-8,11-12,17H,5-6,9-10,13-14H2,1H3/t17-/m0/s1. The van der Waals surface area contributed by atoms with Crippen molar-refractivity contribution >= 4 is 5.91 Å². The van der Waals surface area contributed by atoms with Crippen molar-refractivity contribution in [3.63, 3.8) is 0 Å². The molecule has 1 aromatic heterocycles. The smallest absolute Gasteiger partial charge is 0.223 e. The maximum Gasteiger partial charge on any atom is 0.223 e. The maximum absolute atomic E-state index is 12.6. The number of likely N-dealkylation sites (tertiary alicyclic amines) is 1. The number of nitrogens with zero attached hydrogens (tertiary/aromatic N) is 3. The molecule has 1 aliphatic rings. The molecule has 5 nitrogen and oxygen atoms in total. The van der Waals surface area contributed by atoms with Gasteiger partial charge in [0.25, 0.3) is 0 Å². The van der Waals surface area contributed by atoms with Gasteiger partial charge in [0, 0.05) is 24.9 Å². The lowest BCUT2D eigenvalue weighted by Crippen LogP contribution is -2.39. The first-order chi connectivity index (χ1) is 11.7. The van der Waals surface area contributed by atoms with E-state index in [1.165, 1.54) is 0 Å². The normalized spacial score (nSPS) is 17.0. The third-order valence-electron chi connectivity index (χ3n) is 4.31. The summed E-state index contributed by atoms with van der Waals surface area (Å²) in [6.45, 7) is 3.25. The van der Waals surface area contributed by atoms with E-state index < -0.39 is 0 Å². The second kappa shape index (κ2) is 7.90. The summed E-state index contributed by atoms with van der Waals surface area (Å²) in [6, 6.07) is 11.8. The molecule has 0 aliphatic carbocycles. The number of hydrogen-bond acceptors (Lipinski definition) is 4. The van der Waals surface area contributed by atoms with Gasteiger partial charge in [0.15, 0.2) is 0 Å². The van der Waals surface area contributed by atoms with Crippen molar-refractivity contribution in [2.24, 2.45) is 0 Å². The summed E-state index contributed by atoms with van der Waals surface area (Å²) < 4.78 is 5.83. The van der Waals surface area contributed by atoms with E-state index in [2.05, 4.69) is 9.97 Å². The zero-order chi connectivity index (χ0) is 16.8. The zero-order valence-electron chi connectivity index (χ0n) is 14.0. The van der Waals surface area contributed by atoms with Crippen molar-refractivity contribution in [2.45, 2.75) is 38.6 Å². The highest BCUT2D eigenvalue weighted by Crippen LogP contribution is 2.20. The second-order valence-corrected chi connectivity index (χ2v) is 6.10. The van der Waals surface area contributed by atoms with Crippen LogP contribution in [-0.2, 0) is 11.2 Å². The number of para-hydroxylation sites is 1. The van der Waals surface area contributed by atoms with Gasteiger partial charge < -0.3 is 9.64 Å². The highest BCUT2D eigenvalue weighted by Gasteiger charge is 2.28. The fourth-order valence-electron chi connectivity index (χ4n) is 3.07. The summed E-state index contributed by atoms with van der Waals surface area (Å²) in [5.41, 5.74) is 0.923. The Labute approximate surface area is 142 Å². The minimum Gasteiger partial charge on any atom is -0.491 e. The van der Waals surface area contributed by atoms with Gasteiger partial charge in [-0.25, -0.2) is 9.97 Å². The van der Waals surface area contributed by atoms with Crippen molar-refractivity contribution < 1.29 is 9.53 Å². The van der Waals surface area contributed by atoms with Gasteiger partial charge in [0.1, 0.15) is 18.2 Å². The molecule has 1 fully saturated rings. The highest BCUT2D eigenvalue weighted by molar-refractivity contribution is 5.77. The zero-order valence-corrected chi connectivity index (χ0v) is 14.0. The van der Waals surface area contributed by atoms with E-state index in [-0.39, 0.29) is 11.9 Å². The molecular weight excluding hydrogens is 302 g/mol. The Morgan fingerprint density at radius 3 is 2.92 bits per heavy atom. The van der Waals surface area contributed by atoms with E-state index in [0.29, 0.717) is 19.4 Å². The van der Waals surface area contributed by atoms with Gasteiger partial charge in [-0.2, -0.15) is 0 Å². The molecule has 0 N–H and O–H groups in total. The van der Waals surface area contributed by atoms with Gasteiger partial charge in [-0.3, -0.25) is 4.79 Å². The molecule has 0 unspecified atom stereocenters. The number of amides is 1. The molecule has 0 saturated carbocycles. The lowest BCUT2D eigenvalue weighted by molar-refractivity contribution is -0.132. The van der Waals surface area contributed by atoms with E-state index >= 15 is 0 Å². The van der Waals surface area contributed by atoms with Crippen LogP contribution in [0.1, 0.15) is 30.8 Å². The highest BCUT2D eigenvalue weighted by atomic mass is 16.5. The molecule has 1 aromatic carbocycles. The number of hydrogen-bond donors (Lipinski definition) is 0. The first-order valence-corrected chi connectivity index (χ1v) is 8.48. The molecule has 1 aliphatic heterocycles. The molecule has 1 amide bonds. The van der Waals surface area contributed by atoms with Crippen molar-refractivity contribution in [1.82, 2.24) is 14.9 Å². The number of benzene rings is 1. The summed E-state index contributed by atoms with van der Waals surface area (Å²) in [7, 11) is 0.